The van der Waals surface area contributed by atoms with Gasteiger partial charge in [-0.25, -0.2) is 9.59 Å². The van der Waals surface area contributed by atoms with Crippen LogP contribution in [0.4, 0.5) is 9.59 Å². The topological polar surface area (TPSA) is 62.3 Å². The van der Waals surface area contributed by atoms with E-state index < -0.39 is 12.3 Å². The summed E-state index contributed by atoms with van der Waals surface area (Å²) in [6, 6.07) is -0.307. The van der Waals surface area contributed by atoms with Crippen LogP contribution in [0.15, 0.2) is 12.2 Å². The molecule has 7 nitrogen and oxygen atoms in total. The van der Waals surface area contributed by atoms with Gasteiger partial charge in [-0.3, -0.25) is 9.74 Å². The van der Waals surface area contributed by atoms with Crippen LogP contribution in [0.25, 0.3) is 0 Å². The van der Waals surface area contributed by atoms with Crippen molar-refractivity contribution in [3.63, 3.8) is 0 Å². The highest BCUT2D eigenvalue weighted by atomic mass is 16.7. The minimum absolute atomic E-state index is 0.303. The minimum Gasteiger partial charge on any atom is -0.453 e. The van der Waals surface area contributed by atoms with E-state index in [1.54, 1.807) is 20.2 Å². The Bertz CT molecular complexity index is 369. The number of nitrogens with zero attached hydrogens (tertiary/aromatic N) is 3. The van der Waals surface area contributed by atoms with Gasteiger partial charge in [0.15, 0.2) is 6.17 Å². The molecule has 0 aromatic rings. The molecule has 17 heavy (non-hydrogen) atoms. The van der Waals surface area contributed by atoms with Crippen molar-refractivity contribution in [1.29, 1.82) is 0 Å². The Balaban J connectivity index is 2.20. The van der Waals surface area contributed by atoms with Crippen LogP contribution in [0.5, 0.6) is 0 Å². The lowest BCUT2D eigenvalue weighted by molar-refractivity contribution is -0.234. The largest absolute Gasteiger partial charge is 0.453 e. The van der Waals surface area contributed by atoms with Crippen molar-refractivity contribution in [2.45, 2.75) is 12.3 Å². The smallest absolute Gasteiger partial charge is 0.411 e. The number of fused-ring (bicyclic) bond motifs is 2. The van der Waals surface area contributed by atoms with Crippen LogP contribution >= 0.6 is 0 Å². The summed E-state index contributed by atoms with van der Waals surface area (Å²) in [6.07, 6.45) is 2.29. The summed E-state index contributed by atoms with van der Waals surface area (Å²) in [5.74, 6) is 0. The van der Waals surface area contributed by atoms with E-state index in [0.717, 1.165) is 0 Å². The van der Waals surface area contributed by atoms with Gasteiger partial charge in [-0.15, -0.1) is 0 Å². The molecule has 2 atom stereocenters. The number of ether oxygens (including phenoxy) is 1. The van der Waals surface area contributed by atoms with Gasteiger partial charge in [0.25, 0.3) is 0 Å². The summed E-state index contributed by atoms with van der Waals surface area (Å²) >= 11 is 0. The van der Waals surface area contributed by atoms with Gasteiger partial charge in [-0.05, 0) is 6.08 Å². The Labute approximate surface area is 99.1 Å². The van der Waals surface area contributed by atoms with Crippen molar-refractivity contribution in [3.8, 4) is 0 Å². The second-order valence-corrected chi connectivity index (χ2v) is 4.07. The second kappa shape index (κ2) is 4.25. The summed E-state index contributed by atoms with van der Waals surface area (Å²) in [6.45, 7) is 0.394. The highest BCUT2D eigenvalue weighted by molar-refractivity contribution is 5.75. The molecular weight excluding hydrogens is 226 g/mol. The van der Waals surface area contributed by atoms with E-state index >= 15 is 0 Å². The number of methoxy groups -OCH3 is 1. The number of amides is 3. The maximum atomic E-state index is 11.9. The van der Waals surface area contributed by atoms with E-state index in [4.69, 9.17) is 4.84 Å². The summed E-state index contributed by atoms with van der Waals surface area (Å²) in [5, 5.41) is 1.19. The van der Waals surface area contributed by atoms with Crippen molar-refractivity contribution >= 4 is 12.1 Å². The molecule has 3 amide bonds. The van der Waals surface area contributed by atoms with Crippen LogP contribution in [0.1, 0.15) is 0 Å². The molecule has 0 aromatic heterocycles. The lowest BCUT2D eigenvalue weighted by Gasteiger charge is -2.46. The molecule has 0 spiro atoms. The first-order valence-corrected chi connectivity index (χ1v) is 5.25. The number of carbonyl (C=O) groups excluding carboxylic acids is 2. The lowest BCUT2D eigenvalue weighted by atomic mass is 10.1. The molecule has 2 unspecified atom stereocenters. The van der Waals surface area contributed by atoms with E-state index in [2.05, 4.69) is 4.74 Å². The first-order valence-electron chi connectivity index (χ1n) is 5.25. The Morgan fingerprint density at radius 2 is 2.12 bits per heavy atom. The minimum atomic E-state index is -0.539. The van der Waals surface area contributed by atoms with E-state index in [9.17, 15) is 9.59 Å². The number of hydrogen-bond acceptors (Lipinski definition) is 4. The molecule has 0 radical (unpaired) electrons. The number of carbonyl (C=O) groups is 2. The molecule has 3 aliphatic heterocycles. The zero-order chi connectivity index (χ0) is 12.6. The molecule has 3 aliphatic rings. The molecule has 3 heterocycles. The van der Waals surface area contributed by atoms with Crippen molar-refractivity contribution in [1.82, 2.24) is 14.9 Å². The van der Waals surface area contributed by atoms with Gasteiger partial charge >= 0.3 is 12.1 Å². The van der Waals surface area contributed by atoms with Crippen LogP contribution in [0.2, 0.25) is 0 Å². The normalized spacial score (nSPS) is 26.1. The molecule has 3 rings (SSSR count). The molecular formula is C10H15N3O4. The number of hydroxylamine groups is 2. The number of hydrogen-bond donors (Lipinski definition) is 0. The maximum Gasteiger partial charge on any atom is 0.411 e. The first kappa shape index (κ1) is 11.7. The Morgan fingerprint density at radius 3 is 2.65 bits per heavy atom. The van der Waals surface area contributed by atoms with Crippen molar-refractivity contribution < 1.29 is 19.2 Å². The fourth-order valence-electron chi connectivity index (χ4n) is 1.83. The molecule has 0 aromatic carbocycles. The predicted octanol–water partition coefficient (Wildman–Crippen LogP) is 0.248. The fourth-order valence-corrected chi connectivity index (χ4v) is 1.83. The van der Waals surface area contributed by atoms with Crippen LogP contribution in [0.3, 0.4) is 0 Å². The standard InChI is InChI=1S/C10H15N3O4/c1-11(2)9(14)13-8-5-4-7(17-13)6-12(8)10(15)16-3/h4-5,7-8H,6H2,1-3H3. The second-order valence-electron chi connectivity index (χ2n) is 4.07. The summed E-state index contributed by atoms with van der Waals surface area (Å²) in [4.78, 5) is 31.7. The Kier molecular flexibility index (Phi) is 2.93. The van der Waals surface area contributed by atoms with Crippen molar-refractivity contribution in [3.05, 3.63) is 12.2 Å². The summed E-state index contributed by atoms with van der Waals surface area (Å²) in [5.41, 5.74) is 0. The average molecular weight is 241 g/mol. The monoisotopic (exact) mass is 241 g/mol. The van der Waals surface area contributed by atoms with Crippen LogP contribution in [-0.4, -0.2) is 67.0 Å². The summed E-state index contributed by atoms with van der Waals surface area (Å²) in [7, 11) is 4.56. The molecule has 1 fully saturated rings. The Hall–Kier alpha value is -1.76. The van der Waals surface area contributed by atoms with Crippen molar-refractivity contribution in [2.75, 3.05) is 27.7 Å². The van der Waals surface area contributed by atoms with Gasteiger partial charge in [0, 0.05) is 14.1 Å². The van der Waals surface area contributed by atoms with Gasteiger partial charge < -0.3 is 9.64 Å². The zero-order valence-electron chi connectivity index (χ0n) is 9.99. The van der Waals surface area contributed by atoms with Crippen molar-refractivity contribution in [2.24, 2.45) is 0 Å². The molecule has 1 saturated heterocycles. The lowest BCUT2D eigenvalue weighted by Crippen LogP contribution is -2.63. The highest BCUT2D eigenvalue weighted by Gasteiger charge is 2.43. The van der Waals surface area contributed by atoms with Crippen LogP contribution in [0, 0.1) is 0 Å². The summed E-state index contributed by atoms with van der Waals surface area (Å²) < 4.78 is 4.68. The molecule has 7 heteroatoms. The third-order valence-electron chi connectivity index (χ3n) is 2.66. The Morgan fingerprint density at radius 1 is 1.41 bits per heavy atom. The van der Waals surface area contributed by atoms with Crippen LogP contribution < -0.4 is 0 Å². The molecule has 94 valence electrons. The van der Waals surface area contributed by atoms with E-state index in [1.165, 1.54) is 22.0 Å². The van der Waals surface area contributed by atoms with Gasteiger partial charge in [0.2, 0.25) is 0 Å². The van der Waals surface area contributed by atoms with Gasteiger partial charge in [-0.1, -0.05) is 6.08 Å². The number of urea groups is 1. The van der Waals surface area contributed by atoms with E-state index in [-0.39, 0.29) is 12.1 Å². The SMILES string of the molecule is COC(=O)N1CC2C=CC1N(C(=O)N(C)C)O2. The third-order valence-corrected chi connectivity index (χ3v) is 2.66. The highest BCUT2D eigenvalue weighted by Crippen LogP contribution is 2.25. The zero-order valence-corrected chi connectivity index (χ0v) is 9.99. The van der Waals surface area contributed by atoms with Crippen LogP contribution in [-0.2, 0) is 9.57 Å². The van der Waals surface area contributed by atoms with Gasteiger partial charge in [0.05, 0.1) is 13.7 Å². The third kappa shape index (κ3) is 1.93. The van der Waals surface area contributed by atoms with Gasteiger partial charge in [-0.2, -0.15) is 5.06 Å². The van der Waals surface area contributed by atoms with E-state index in [0.29, 0.717) is 6.54 Å². The predicted molar refractivity (Wildman–Crippen MR) is 57.8 cm³/mol. The molecule has 0 N–H and O–H groups in total. The van der Waals surface area contributed by atoms with Gasteiger partial charge in [0.1, 0.15) is 6.10 Å². The number of rotatable bonds is 0. The molecule has 0 saturated carbocycles. The maximum absolute atomic E-state index is 11.9. The molecule has 0 aliphatic carbocycles. The quantitative estimate of drug-likeness (QED) is 0.570. The fraction of sp³-hybridized carbons (Fsp3) is 0.600. The van der Waals surface area contributed by atoms with E-state index in [1.807, 2.05) is 6.08 Å². The first-order chi connectivity index (χ1) is 8.04. The average Bonchev–Trinajstić information content (AvgIpc) is 2.37. The molecule has 2 bridgehead atoms.